The summed E-state index contributed by atoms with van der Waals surface area (Å²) in [5, 5.41) is 0. The molecule has 13 heavy (non-hydrogen) atoms. The minimum absolute atomic E-state index is 0.168. The highest BCUT2D eigenvalue weighted by atomic mass is 35.5. The lowest BCUT2D eigenvalue weighted by Gasteiger charge is -2.34. The zero-order chi connectivity index (χ0) is 9.84. The maximum Gasteiger partial charge on any atom is 0.255 e. The lowest BCUT2D eigenvalue weighted by molar-refractivity contribution is -0.131. The van der Waals surface area contributed by atoms with Crippen molar-refractivity contribution in [1.29, 1.82) is 0 Å². The van der Waals surface area contributed by atoms with Crippen LogP contribution in [0.4, 0.5) is 0 Å². The number of hydrogen-bond donors (Lipinski definition) is 0. The van der Waals surface area contributed by atoms with Crippen LogP contribution >= 0.6 is 23.2 Å². The van der Waals surface area contributed by atoms with Crippen molar-refractivity contribution in [1.82, 2.24) is 9.80 Å². The molecule has 0 aliphatic carbocycles. The van der Waals surface area contributed by atoms with E-state index in [0.29, 0.717) is 0 Å². The average molecular weight is 225 g/mol. The lowest BCUT2D eigenvalue weighted by atomic mass is 10.3. The van der Waals surface area contributed by atoms with Crippen LogP contribution in [-0.4, -0.2) is 53.3 Å². The van der Waals surface area contributed by atoms with Crippen LogP contribution in [0.5, 0.6) is 0 Å². The predicted molar refractivity (Wildman–Crippen MR) is 54.2 cm³/mol. The smallest absolute Gasteiger partial charge is 0.255 e. The number of rotatable bonds is 2. The van der Waals surface area contributed by atoms with E-state index < -0.39 is 4.84 Å². The summed E-state index contributed by atoms with van der Waals surface area (Å²) < 4.78 is 0. The number of likely N-dealkylation sites (N-methyl/N-ethyl adjacent to an activating group) is 1. The molecule has 1 aliphatic rings. The number of carbonyl (C=O) groups excluding carboxylic acids is 1. The maximum atomic E-state index is 11.3. The number of carbonyl (C=O) groups is 1. The van der Waals surface area contributed by atoms with Crippen LogP contribution in [0.1, 0.15) is 6.92 Å². The zero-order valence-corrected chi connectivity index (χ0v) is 9.18. The van der Waals surface area contributed by atoms with E-state index in [9.17, 15) is 4.79 Å². The molecule has 0 N–H and O–H groups in total. The molecule has 0 radical (unpaired) electrons. The van der Waals surface area contributed by atoms with Crippen molar-refractivity contribution in [3.63, 3.8) is 0 Å². The first-order valence-corrected chi connectivity index (χ1v) is 5.31. The second-order valence-electron chi connectivity index (χ2n) is 3.06. The molecule has 0 spiro atoms. The van der Waals surface area contributed by atoms with Crippen LogP contribution in [0.3, 0.4) is 0 Å². The molecule has 0 aromatic heterocycles. The van der Waals surface area contributed by atoms with Gasteiger partial charge in [0.15, 0.2) is 4.84 Å². The Bertz CT molecular complexity index is 179. The molecule has 0 unspecified atom stereocenters. The highest BCUT2D eigenvalue weighted by Gasteiger charge is 2.23. The summed E-state index contributed by atoms with van der Waals surface area (Å²) in [5.74, 6) is -0.168. The molecule has 0 aromatic rings. The van der Waals surface area contributed by atoms with Gasteiger partial charge in [0, 0.05) is 26.2 Å². The van der Waals surface area contributed by atoms with E-state index in [0.717, 1.165) is 32.7 Å². The van der Waals surface area contributed by atoms with E-state index in [4.69, 9.17) is 23.2 Å². The maximum absolute atomic E-state index is 11.3. The minimum atomic E-state index is -0.909. The third-order valence-electron chi connectivity index (χ3n) is 2.32. The topological polar surface area (TPSA) is 23.6 Å². The number of nitrogens with zero attached hydrogens (tertiary/aromatic N) is 2. The summed E-state index contributed by atoms with van der Waals surface area (Å²) in [6.45, 7) is 6.47. The van der Waals surface area contributed by atoms with Gasteiger partial charge in [-0.2, -0.15) is 0 Å². The van der Waals surface area contributed by atoms with Crippen molar-refractivity contribution >= 4 is 29.1 Å². The Morgan fingerprint density at radius 3 is 2.23 bits per heavy atom. The van der Waals surface area contributed by atoms with E-state index in [1.165, 1.54) is 0 Å². The zero-order valence-electron chi connectivity index (χ0n) is 7.67. The Morgan fingerprint density at radius 1 is 1.31 bits per heavy atom. The SMILES string of the molecule is CCN1CCN(C(=O)C(Cl)Cl)CC1. The van der Waals surface area contributed by atoms with Gasteiger partial charge < -0.3 is 9.80 Å². The normalized spacial score (nSPS) is 19.5. The lowest BCUT2D eigenvalue weighted by Crippen LogP contribution is -2.49. The van der Waals surface area contributed by atoms with E-state index in [1.807, 2.05) is 0 Å². The summed E-state index contributed by atoms with van der Waals surface area (Å²) in [6, 6.07) is 0. The van der Waals surface area contributed by atoms with Gasteiger partial charge in [0.05, 0.1) is 0 Å². The summed E-state index contributed by atoms with van der Waals surface area (Å²) in [4.78, 5) is 14.4. The van der Waals surface area contributed by atoms with Crippen molar-refractivity contribution in [3.8, 4) is 0 Å². The molecule has 0 bridgehead atoms. The number of piperazine rings is 1. The molecule has 0 saturated carbocycles. The van der Waals surface area contributed by atoms with Crippen LogP contribution in [-0.2, 0) is 4.79 Å². The number of hydrogen-bond acceptors (Lipinski definition) is 2. The van der Waals surface area contributed by atoms with E-state index in [-0.39, 0.29) is 5.91 Å². The van der Waals surface area contributed by atoms with Gasteiger partial charge in [-0.3, -0.25) is 4.79 Å². The molecule has 5 heteroatoms. The fraction of sp³-hybridized carbons (Fsp3) is 0.875. The third kappa shape index (κ3) is 3.01. The summed E-state index contributed by atoms with van der Waals surface area (Å²) in [6.07, 6.45) is 0. The Balaban J connectivity index is 2.36. The Morgan fingerprint density at radius 2 is 1.85 bits per heavy atom. The Labute approximate surface area is 88.6 Å². The molecule has 3 nitrogen and oxygen atoms in total. The van der Waals surface area contributed by atoms with Gasteiger partial charge in [-0.25, -0.2) is 0 Å². The molecule has 0 aromatic carbocycles. The molecular formula is C8H14Cl2N2O. The Kier molecular flexibility index (Phi) is 4.29. The van der Waals surface area contributed by atoms with Gasteiger partial charge in [0.1, 0.15) is 0 Å². The second kappa shape index (κ2) is 5.03. The molecule has 1 rings (SSSR count). The fourth-order valence-corrected chi connectivity index (χ4v) is 1.70. The number of amides is 1. The molecule has 76 valence electrons. The minimum Gasteiger partial charge on any atom is -0.338 e. The van der Waals surface area contributed by atoms with Crippen molar-refractivity contribution in [2.75, 3.05) is 32.7 Å². The van der Waals surface area contributed by atoms with Crippen molar-refractivity contribution < 1.29 is 4.79 Å². The van der Waals surface area contributed by atoms with Gasteiger partial charge in [-0.1, -0.05) is 30.1 Å². The highest BCUT2D eigenvalue weighted by Crippen LogP contribution is 2.09. The fourth-order valence-electron chi connectivity index (χ4n) is 1.42. The largest absolute Gasteiger partial charge is 0.338 e. The van der Waals surface area contributed by atoms with Crippen molar-refractivity contribution in [3.05, 3.63) is 0 Å². The average Bonchev–Trinajstić information content (AvgIpc) is 2.17. The standard InChI is InChI=1S/C8H14Cl2N2O/c1-2-11-3-5-12(6-4-11)8(13)7(9)10/h7H,2-6H2,1H3. The van der Waals surface area contributed by atoms with E-state index >= 15 is 0 Å². The number of alkyl halides is 2. The van der Waals surface area contributed by atoms with Crippen LogP contribution in [0.15, 0.2) is 0 Å². The Hall–Kier alpha value is 0.01000. The summed E-state index contributed by atoms with van der Waals surface area (Å²) >= 11 is 11.0. The van der Waals surface area contributed by atoms with E-state index in [1.54, 1.807) is 4.90 Å². The first-order valence-electron chi connectivity index (χ1n) is 4.44. The molecular weight excluding hydrogens is 211 g/mol. The van der Waals surface area contributed by atoms with Crippen LogP contribution in [0, 0.1) is 0 Å². The molecule has 1 heterocycles. The van der Waals surface area contributed by atoms with Gasteiger partial charge in [0.2, 0.25) is 0 Å². The van der Waals surface area contributed by atoms with Crippen LogP contribution in [0.25, 0.3) is 0 Å². The molecule has 1 amide bonds. The van der Waals surface area contributed by atoms with E-state index in [2.05, 4.69) is 11.8 Å². The summed E-state index contributed by atoms with van der Waals surface area (Å²) in [5.41, 5.74) is 0. The second-order valence-corrected chi connectivity index (χ2v) is 4.16. The number of halogens is 2. The predicted octanol–water partition coefficient (Wildman–Crippen LogP) is 0.954. The summed E-state index contributed by atoms with van der Waals surface area (Å²) in [7, 11) is 0. The van der Waals surface area contributed by atoms with Crippen LogP contribution in [0.2, 0.25) is 0 Å². The van der Waals surface area contributed by atoms with Gasteiger partial charge in [0.25, 0.3) is 5.91 Å². The van der Waals surface area contributed by atoms with Crippen molar-refractivity contribution in [2.45, 2.75) is 11.8 Å². The quantitative estimate of drug-likeness (QED) is 0.653. The van der Waals surface area contributed by atoms with Crippen molar-refractivity contribution in [2.24, 2.45) is 0 Å². The molecule has 0 atom stereocenters. The van der Waals surface area contributed by atoms with Gasteiger partial charge >= 0.3 is 0 Å². The first kappa shape index (κ1) is 11.1. The van der Waals surface area contributed by atoms with Gasteiger partial charge in [-0.15, -0.1) is 0 Å². The highest BCUT2D eigenvalue weighted by molar-refractivity contribution is 6.53. The first-order chi connectivity index (χ1) is 6.15. The van der Waals surface area contributed by atoms with Gasteiger partial charge in [-0.05, 0) is 6.54 Å². The third-order valence-corrected chi connectivity index (χ3v) is 2.69. The molecule has 1 saturated heterocycles. The molecule has 1 aliphatic heterocycles. The molecule has 1 fully saturated rings. The van der Waals surface area contributed by atoms with Crippen LogP contribution < -0.4 is 0 Å². The monoisotopic (exact) mass is 224 g/mol.